The molecule has 0 amide bonds. The molecule has 0 radical (unpaired) electrons. The van der Waals surface area contributed by atoms with E-state index in [2.05, 4.69) is 168 Å². The fourth-order valence-corrected chi connectivity index (χ4v) is 9.27. The van der Waals surface area contributed by atoms with Gasteiger partial charge in [0.15, 0.2) is 11.6 Å². The average Bonchev–Trinajstić information content (AvgIpc) is 3.81. The van der Waals surface area contributed by atoms with Gasteiger partial charge in [-0.15, -0.1) is 0 Å². The van der Waals surface area contributed by atoms with Crippen molar-refractivity contribution < 1.29 is 0 Å². The zero-order valence-electron chi connectivity index (χ0n) is 32.4. The lowest BCUT2D eigenvalue weighted by Gasteiger charge is -2.25. The van der Waals surface area contributed by atoms with Gasteiger partial charge in [0.1, 0.15) is 5.54 Å². The molecule has 5 heterocycles. The van der Waals surface area contributed by atoms with Crippen LogP contribution in [0.3, 0.4) is 0 Å². The topological polar surface area (TPSA) is 73.2 Å². The lowest BCUT2D eigenvalue weighted by molar-refractivity contribution is 0.466. The van der Waals surface area contributed by atoms with Crippen LogP contribution < -0.4 is 0 Å². The molecule has 0 bridgehead atoms. The fourth-order valence-electron chi connectivity index (χ4n) is 9.27. The predicted octanol–water partition coefficient (Wildman–Crippen LogP) is 12.4. The molecule has 2 aliphatic heterocycles. The summed E-state index contributed by atoms with van der Waals surface area (Å²) in [6.07, 6.45) is 12.3. The Bertz CT molecular complexity index is 3510. The summed E-state index contributed by atoms with van der Waals surface area (Å²) in [5, 5.41) is 9.71. The van der Waals surface area contributed by atoms with E-state index < -0.39 is 5.54 Å². The van der Waals surface area contributed by atoms with E-state index in [4.69, 9.17) is 24.9 Å². The van der Waals surface area contributed by atoms with Crippen molar-refractivity contribution >= 4 is 77.1 Å². The number of allylic oxidation sites excluding steroid dienone is 2. The molecular formula is C52H37N7. The molecular weight excluding hydrogens is 723 g/mol. The Morgan fingerprint density at radius 2 is 1.17 bits per heavy atom. The summed E-state index contributed by atoms with van der Waals surface area (Å²) in [6.45, 7) is 2.09. The van der Waals surface area contributed by atoms with Gasteiger partial charge < -0.3 is 4.57 Å². The van der Waals surface area contributed by atoms with Crippen LogP contribution in [0, 0.1) is 0 Å². The van der Waals surface area contributed by atoms with Crippen LogP contribution in [0.2, 0.25) is 0 Å². The van der Waals surface area contributed by atoms with Crippen molar-refractivity contribution in [3.63, 3.8) is 0 Å². The van der Waals surface area contributed by atoms with Crippen LogP contribution in [0.15, 0.2) is 174 Å². The third-order valence-corrected chi connectivity index (χ3v) is 12.2. The summed E-state index contributed by atoms with van der Waals surface area (Å²) < 4.78 is 4.63. The first-order valence-electron chi connectivity index (χ1n) is 20.3. The second-order valence-electron chi connectivity index (χ2n) is 15.8. The molecule has 0 aliphatic carbocycles. The van der Waals surface area contributed by atoms with Crippen molar-refractivity contribution in [3.8, 4) is 22.8 Å². The molecule has 0 saturated heterocycles. The third kappa shape index (κ3) is 5.24. The number of nitrogens with zero attached hydrogens (tertiary/aromatic N) is 7. The number of fused-ring (bicyclic) bond motifs is 9. The number of aromatic nitrogens is 5. The number of para-hydroxylation sites is 2. The molecule has 1 atom stereocenters. The van der Waals surface area contributed by atoms with E-state index in [1.807, 2.05) is 18.5 Å². The summed E-state index contributed by atoms with van der Waals surface area (Å²) in [7, 11) is 0. The van der Waals surface area contributed by atoms with E-state index in [9.17, 15) is 0 Å². The standard InChI is InChI=1S/C52H37N7/c1-52(27-11-13-29-54-52)50-55-49(43-20-10-12-28-53-43)56-51(57-50)59-45-22-9-7-19-40(45)42-31-34(24-26-47(42)59)33-23-25-46-41(30-33)39-18-6-8-21-44(39)58(46)48-32-35-14-2-3-15-36(35)37-16-4-5-17-38(37)48/h2-9,11-19,21-26,28-32H,10,20,27H2,1H3. The molecule has 7 aromatic carbocycles. The number of benzene rings is 7. The minimum atomic E-state index is -0.610. The minimum absolute atomic E-state index is 0.572. The van der Waals surface area contributed by atoms with Crippen molar-refractivity contribution in [2.75, 3.05) is 0 Å². The molecule has 7 heteroatoms. The highest BCUT2D eigenvalue weighted by Gasteiger charge is 2.31. The second-order valence-corrected chi connectivity index (χ2v) is 15.8. The zero-order valence-corrected chi connectivity index (χ0v) is 32.4. The molecule has 280 valence electrons. The molecule has 0 saturated carbocycles. The number of hydrogen-bond acceptors (Lipinski definition) is 5. The van der Waals surface area contributed by atoms with Gasteiger partial charge in [-0.2, -0.15) is 9.97 Å². The quantitative estimate of drug-likeness (QED) is 0.164. The first kappa shape index (κ1) is 33.6. The summed E-state index contributed by atoms with van der Waals surface area (Å²) in [5.41, 5.74) is 8.18. The molecule has 0 spiro atoms. The Hall–Kier alpha value is -7.51. The average molecular weight is 760 g/mol. The lowest BCUT2D eigenvalue weighted by Crippen LogP contribution is -2.27. The summed E-state index contributed by atoms with van der Waals surface area (Å²) >= 11 is 0. The number of rotatable bonds is 5. The van der Waals surface area contributed by atoms with Gasteiger partial charge in [0, 0.05) is 39.3 Å². The van der Waals surface area contributed by atoms with E-state index in [0.29, 0.717) is 24.0 Å². The van der Waals surface area contributed by atoms with Crippen molar-refractivity contribution in [2.24, 2.45) is 9.98 Å². The van der Waals surface area contributed by atoms with E-state index in [0.717, 1.165) is 51.5 Å². The smallest absolute Gasteiger partial charge is 0.238 e. The Morgan fingerprint density at radius 3 is 1.86 bits per heavy atom. The van der Waals surface area contributed by atoms with Crippen molar-refractivity contribution in [1.82, 2.24) is 24.1 Å². The predicted molar refractivity (Wildman–Crippen MR) is 243 cm³/mol. The van der Waals surface area contributed by atoms with Gasteiger partial charge in [0.05, 0.1) is 33.5 Å². The highest BCUT2D eigenvalue weighted by molar-refractivity contribution is 6.16. The van der Waals surface area contributed by atoms with E-state index in [1.54, 1.807) is 0 Å². The van der Waals surface area contributed by atoms with Crippen molar-refractivity contribution in [3.05, 3.63) is 176 Å². The highest BCUT2D eigenvalue weighted by atomic mass is 15.2. The first-order chi connectivity index (χ1) is 29.1. The van der Waals surface area contributed by atoms with Gasteiger partial charge in [0.2, 0.25) is 5.95 Å². The molecule has 12 rings (SSSR count). The maximum Gasteiger partial charge on any atom is 0.238 e. The highest BCUT2D eigenvalue weighted by Crippen LogP contribution is 2.41. The molecule has 7 nitrogen and oxygen atoms in total. The van der Waals surface area contributed by atoms with E-state index in [1.165, 1.54) is 49.0 Å². The first-order valence-corrected chi connectivity index (χ1v) is 20.3. The largest absolute Gasteiger partial charge is 0.309 e. The Kier molecular flexibility index (Phi) is 7.41. The van der Waals surface area contributed by atoms with Gasteiger partial charge >= 0.3 is 0 Å². The van der Waals surface area contributed by atoms with Gasteiger partial charge in [-0.05, 0) is 102 Å². The third-order valence-electron chi connectivity index (χ3n) is 12.2. The Balaban J connectivity index is 1.04. The summed E-state index contributed by atoms with van der Waals surface area (Å²) in [4.78, 5) is 24.9. The van der Waals surface area contributed by atoms with Crippen LogP contribution in [0.25, 0.3) is 87.9 Å². The van der Waals surface area contributed by atoms with Crippen LogP contribution in [-0.2, 0) is 5.54 Å². The molecule has 2 aliphatic rings. The SMILES string of the molecule is CC1(c2nc(C3=NC=CCC3)nc(-n3c4ccccc4c4cc(-c5ccc6c(c5)c5ccccc5n6-c5cc6ccccc6c6ccccc56)ccc43)n2)CC=CC=N1. The number of aliphatic imine (C=N–C) groups is 2. The zero-order chi connectivity index (χ0) is 39.1. The van der Waals surface area contributed by atoms with Crippen molar-refractivity contribution in [1.29, 1.82) is 0 Å². The minimum Gasteiger partial charge on any atom is -0.309 e. The Labute approximate surface area is 340 Å². The summed E-state index contributed by atoms with van der Waals surface area (Å²) in [6, 6.07) is 50.8. The van der Waals surface area contributed by atoms with E-state index in [-0.39, 0.29) is 0 Å². The van der Waals surface area contributed by atoms with Gasteiger partial charge in [-0.3, -0.25) is 14.6 Å². The van der Waals surface area contributed by atoms with Crippen LogP contribution in [-0.4, -0.2) is 36.0 Å². The van der Waals surface area contributed by atoms with Gasteiger partial charge in [-0.1, -0.05) is 109 Å². The van der Waals surface area contributed by atoms with Crippen LogP contribution >= 0.6 is 0 Å². The number of hydrogen-bond donors (Lipinski definition) is 0. The van der Waals surface area contributed by atoms with Gasteiger partial charge in [-0.25, -0.2) is 4.98 Å². The maximum atomic E-state index is 5.19. The van der Waals surface area contributed by atoms with E-state index >= 15 is 0 Å². The molecule has 0 fully saturated rings. The van der Waals surface area contributed by atoms with Crippen LogP contribution in [0.1, 0.15) is 37.8 Å². The molecule has 59 heavy (non-hydrogen) atoms. The number of dihydropyridines is 1. The maximum absolute atomic E-state index is 5.19. The molecule has 1 unspecified atom stereocenters. The Morgan fingerprint density at radius 1 is 0.542 bits per heavy atom. The monoisotopic (exact) mass is 759 g/mol. The fraction of sp³-hybridized carbons (Fsp3) is 0.0962. The molecule has 3 aromatic heterocycles. The molecule has 0 N–H and O–H groups in total. The second kappa shape index (κ2) is 13.0. The lowest BCUT2D eigenvalue weighted by atomic mass is 9.95. The van der Waals surface area contributed by atoms with Gasteiger partial charge in [0.25, 0.3) is 0 Å². The normalized spacial score (nSPS) is 16.7. The summed E-state index contributed by atoms with van der Waals surface area (Å²) in [5.74, 6) is 1.82. The molecule has 10 aromatic rings. The van der Waals surface area contributed by atoms with Crippen LogP contribution in [0.5, 0.6) is 0 Å². The van der Waals surface area contributed by atoms with Crippen molar-refractivity contribution in [2.45, 2.75) is 31.7 Å². The van der Waals surface area contributed by atoms with Crippen LogP contribution in [0.4, 0.5) is 0 Å².